The topological polar surface area (TPSA) is 56.6 Å². The quantitative estimate of drug-likeness (QED) is 0.339. The number of hydrogen-bond donors (Lipinski definition) is 3. The third-order valence-electron chi connectivity index (χ3n) is 1.70. The van der Waals surface area contributed by atoms with Gasteiger partial charge >= 0.3 is 6.18 Å². The predicted octanol–water partition coefficient (Wildman–Crippen LogP) is 2.79. The van der Waals surface area contributed by atoms with E-state index in [1.807, 2.05) is 0 Å². The molecular weight excluding hydrogens is 278 g/mol. The van der Waals surface area contributed by atoms with Crippen LogP contribution in [-0.2, 0) is 0 Å². The summed E-state index contributed by atoms with van der Waals surface area (Å²) in [5.74, 6) is -1.21. The van der Waals surface area contributed by atoms with E-state index < -0.39 is 24.5 Å². The van der Waals surface area contributed by atoms with E-state index in [0.29, 0.717) is 0 Å². The molecule has 9 heteroatoms. The number of nitrogens with zero attached hydrogens (tertiary/aromatic N) is 1. The van der Waals surface area contributed by atoms with Crippen LogP contribution in [0.25, 0.3) is 0 Å². The minimum absolute atomic E-state index is 0.170. The van der Waals surface area contributed by atoms with E-state index in [1.165, 1.54) is 11.5 Å². The standard InChI is InChI=1S/C9H8ClF4N3O/c10-6-3-5(1-2-7(6)11)16-8(17-18)15-4-9(12,13)14/h1-3,18H,4H2,(H2,15,16,17). The van der Waals surface area contributed by atoms with E-state index in [1.54, 1.807) is 0 Å². The average molecular weight is 286 g/mol. The highest BCUT2D eigenvalue weighted by Gasteiger charge is 2.26. The molecule has 0 aliphatic heterocycles. The van der Waals surface area contributed by atoms with Crippen molar-refractivity contribution in [3.05, 3.63) is 29.0 Å². The van der Waals surface area contributed by atoms with E-state index in [4.69, 9.17) is 16.8 Å². The summed E-state index contributed by atoms with van der Waals surface area (Å²) in [5.41, 5.74) is 1.63. The molecule has 0 unspecified atom stereocenters. The molecule has 0 radical (unpaired) electrons. The van der Waals surface area contributed by atoms with Gasteiger partial charge in [0.2, 0.25) is 5.96 Å². The molecular formula is C9H8ClF4N3O. The molecule has 100 valence electrons. The van der Waals surface area contributed by atoms with Crippen LogP contribution in [-0.4, -0.2) is 23.9 Å². The Balaban J connectivity index is 2.76. The molecule has 1 rings (SSSR count). The summed E-state index contributed by atoms with van der Waals surface area (Å²) in [5, 5.41) is 10.7. The first kappa shape index (κ1) is 14.5. The normalized spacial score (nSPS) is 12.4. The molecule has 0 heterocycles. The molecule has 0 bridgehead atoms. The molecule has 0 aliphatic rings. The van der Waals surface area contributed by atoms with Crippen molar-refractivity contribution in [3.8, 4) is 0 Å². The third-order valence-corrected chi connectivity index (χ3v) is 1.99. The van der Waals surface area contributed by atoms with Gasteiger partial charge in [-0.1, -0.05) is 11.6 Å². The Kier molecular flexibility index (Phi) is 4.74. The average Bonchev–Trinajstić information content (AvgIpc) is 2.28. The Bertz CT molecular complexity index is 450. The minimum atomic E-state index is -4.50. The molecule has 3 N–H and O–H groups in total. The summed E-state index contributed by atoms with van der Waals surface area (Å²) in [7, 11) is 0. The lowest BCUT2D eigenvalue weighted by atomic mass is 10.3. The van der Waals surface area contributed by atoms with Crippen molar-refractivity contribution in [2.75, 3.05) is 11.9 Å². The van der Waals surface area contributed by atoms with Gasteiger partial charge in [0.05, 0.1) is 5.02 Å². The zero-order valence-corrected chi connectivity index (χ0v) is 9.48. The van der Waals surface area contributed by atoms with Crippen LogP contribution in [0.2, 0.25) is 5.02 Å². The van der Waals surface area contributed by atoms with E-state index in [0.717, 1.165) is 12.1 Å². The maximum absolute atomic E-state index is 12.8. The molecule has 1 aromatic carbocycles. The van der Waals surface area contributed by atoms with Gasteiger partial charge < -0.3 is 5.32 Å². The van der Waals surface area contributed by atoms with Crippen molar-refractivity contribution >= 4 is 23.2 Å². The van der Waals surface area contributed by atoms with E-state index in [2.05, 4.69) is 10.3 Å². The first-order valence-corrected chi connectivity index (χ1v) is 4.93. The number of nitrogens with one attached hydrogen (secondary N) is 2. The number of aliphatic imine (C=N–C) groups is 1. The third kappa shape index (κ3) is 4.76. The van der Waals surface area contributed by atoms with E-state index >= 15 is 0 Å². The van der Waals surface area contributed by atoms with Crippen LogP contribution in [0.5, 0.6) is 0 Å². The Morgan fingerprint density at radius 1 is 1.39 bits per heavy atom. The maximum atomic E-state index is 12.8. The molecule has 0 fully saturated rings. The fraction of sp³-hybridized carbons (Fsp3) is 0.222. The fourth-order valence-corrected chi connectivity index (χ4v) is 1.16. The summed E-state index contributed by atoms with van der Waals surface area (Å²) in [6, 6.07) is 3.38. The first-order valence-electron chi connectivity index (χ1n) is 4.55. The second kappa shape index (κ2) is 5.87. The number of hydroxylamine groups is 1. The summed E-state index contributed by atoms with van der Waals surface area (Å²) >= 11 is 5.47. The van der Waals surface area contributed by atoms with Crippen molar-refractivity contribution in [1.82, 2.24) is 5.48 Å². The van der Waals surface area contributed by atoms with Crippen molar-refractivity contribution < 1.29 is 22.8 Å². The second-order valence-corrected chi connectivity index (χ2v) is 3.55. The highest BCUT2D eigenvalue weighted by atomic mass is 35.5. The predicted molar refractivity (Wildman–Crippen MR) is 58.3 cm³/mol. The Morgan fingerprint density at radius 3 is 2.56 bits per heavy atom. The smallest absolute Gasteiger partial charge is 0.325 e. The number of anilines is 1. The Hall–Kier alpha value is -1.54. The molecule has 0 spiro atoms. The molecule has 0 saturated carbocycles. The van der Waals surface area contributed by atoms with Crippen LogP contribution < -0.4 is 10.8 Å². The van der Waals surface area contributed by atoms with Crippen LogP contribution in [0.3, 0.4) is 0 Å². The van der Waals surface area contributed by atoms with Gasteiger partial charge in [0.15, 0.2) is 0 Å². The molecule has 0 aromatic heterocycles. The number of hydrogen-bond acceptors (Lipinski definition) is 2. The van der Waals surface area contributed by atoms with Crippen LogP contribution in [0.1, 0.15) is 0 Å². The van der Waals surface area contributed by atoms with Crippen LogP contribution >= 0.6 is 11.6 Å². The van der Waals surface area contributed by atoms with Crippen LogP contribution in [0.15, 0.2) is 23.2 Å². The van der Waals surface area contributed by atoms with Crippen LogP contribution in [0, 0.1) is 5.82 Å². The SMILES string of the molecule is ONC(=NCC(F)(F)F)Nc1ccc(F)c(Cl)c1. The van der Waals surface area contributed by atoms with Crippen molar-refractivity contribution in [2.24, 2.45) is 4.99 Å². The first-order chi connectivity index (χ1) is 8.31. The molecule has 0 aliphatic carbocycles. The van der Waals surface area contributed by atoms with E-state index in [9.17, 15) is 17.6 Å². The Morgan fingerprint density at radius 2 is 2.06 bits per heavy atom. The molecule has 4 nitrogen and oxygen atoms in total. The molecule has 1 aromatic rings. The zero-order chi connectivity index (χ0) is 13.8. The molecule has 0 saturated heterocycles. The van der Waals surface area contributed by atoms with Crippen molar-refractivity contribution in [2.45, 2.75) is 6.18 Å². The van der Waals surface area contributed by atoms with Gasteiger partial charge in [-0.25, -0.2) is 14.9 Å². The van der Waals surface area contributed by atoms with Gasteiger partial charge in [0.1, 0.15) is 12.4 Å². The van der Waals surface area contributed by atoms with Gasteiger partial charge in [-0.3, -0.25) is 5.21 Å². The van der Waals surface area contributed by atoms with Crippen molar-refractivity contribution in [1.29, 1.82) is 0 Å². The summed E-state index contributed by atoms with van der Waals surface area (Å²) in [6.45, 7) is -1.47. The van der Waals surface area contributed by atoms with Gasteiger partial charge in [0, 0.05) is 5.69 Å². The second-order valence-electron chi connectivity index (χ2n) is 3.15. The lowest BCUT2D eigenvalue weighted by Gasteiger charge is -2.09. The molecule has 18 heavy (non-hydrogen) atoms. The molecule has 0 amide bonds. The number of halogens is 5. The molecule has 0 atom stereocenters. The Labute approximate surface area is 104 Å². The number of alkyl halides is 3. The lowest BCUT2D eigenvalue weighted by Crippen LogP contribution is -2.29. The summed E-state index contributed by atoms with van der Waals surface area (Å²) in [6.07, 6.45) is -4.50. The van der Waals surface area contributed by atoms with Crippen LogP contribution in [0.4, 0.5) is 23.2 Å². The van der Waals surface area contributed by atoms with E-state index in [-0.39, 0.29) is 10.7 Å². The van der Waals surface area contributed by atoms with Crippen molar-refractivity contribution in [3.63, 3.8) is 0 Å². The number of benzene rings is 1. The minimum Gasteiger partial charge on any atom is -0.325 e. The highest BCUT2D eigenvalue weighted by Crippen LogP contribution is 2.19. The summed E-state index contributed by atoms with van der Waals surface area (Å²) < 4.78 is 48.5. The number of guanidine groups is 1. The monoisotopic (exact) mass is 285 g/mol. The van der Waals surface area contributed by atoms with Gasteiger partial charge in [0.25, 0.3) is 0 Å². The number of rotatable bonds is 2. The largest absolute Gasteiger partial charge is 0.408 e. The zero-order valence-electron chi connectivity index (χ0n) is 8.72. The maximum Gasteiger partial charge on any atom is 0.408 e. The highest BCUT2D eigenvalue weighted by molar-refractivity contribution is 6.31. The van der Waals surface area contributed by atoms with Gasteiger partial charge in [-0.2, -0.15) is 13.2 Å². The fourth-order valence-electron chi connectivity index (χ4n) is 0.982. The summed E-state index contributed by atoms with van der Waals surface area (Å²) in [4.78, 5) is 3.04. The van der Waals surface area contributed by atoms with Gasteiger partial charge in [-0.05, 0) is 18.2 Å². The van der Waals surface area contributed by atoms with Gasteiger partial charge in [-0.15, -0.1) is 0 Å². The lowest BCUT2D eigenvalue weighted by molar-refractivity contribution is -0.118.